The first-order valence-electron chi connectivity index (χ1n) is 12.8. The lowest BCUT2D eigenvalue weighted by atomic mass is 10.2. The standard InChI is InChI=1S/C15H19ClO4.C8H15BrO2.C7H5ClO2/c1-15(2,3)20-14(18)5-4-6-19-13-8-11(10-17)7-12(16)9-13;1-8(2,3)11-7(10)5-4-6-9;8-6-1-5(4-9)2-7(10)3-6/h7-10H,4-6H2,1-3H3;4-6H2,1-3H3;1-4,10H. The number of carbonyl (C=O) groups excluding carboxylic acids is 4. The van der Waals surface area contributed by atoms with Crippen LogP contribution >= 0.6 is 39.1 Å². The molecule has 1 N–H and O–H groups in total. The second-order valence-corrected chi connectivity index (χ2v) is 12.3. The molecule has 0 aromatic heterocycles. The molecule has 11 heteroatoms. The summed E-state index contributed by atoms with van der Waals surface area (Å²) in [4.78, 5) is 43.3. The van der Waals surface area contributed by atoms with Gasteiger partial charge in [-0.05, 0) is 90.8 Å². The van der Waals surface area contributed by atoms with Gasteiger partial charge in [0.25, 0.3) is 0 Å². The lowest BCUT2D eigenvalue weighted by molar-refractivity contribution is -0.156. The van der Waals surface area contributed by atoms with Crippen LogP contribution < -0.4 is 4.74 Å². The van der Waals surface area contributed by atoms with Crippen LogP contribution in [0.3, 0.4) is 0 Å². The maximum atomic E-state index is 11.5. The lowest BCUT2D eigenvalue weighted by Gasteiger charge is -2.19. The van der Waals surface area contributed by atoms with Gasteiger partial charge in [-0.2, -0.15) is 0 Å². The van der Waals surface area contributed by atoms with Crippen molar-refractivity contribution in [3.8, 4) is 11.5 Å². The molecule has 0 atom stereocenters. The average Bonchev–Trinajstić information content (AvgIpc) is 2.83. The van der Waals surface area contributed by atoms with Crippen LogP contribution in [0, 0.1) is 0 Å². The van der Waals surface area contributed by atoms with Crippen molar-refractivity contribution in [1.82, 2.24) is 0 Å². The van der Waals surface area contributed by atoms with Crippen molar-refractivity contribution < 1.29 is 38.5 Å². The maximum absolute atomic E-state index is 11.5. The van der Waals surface area contributed by atoms with E-state index in [9.17, 15) is 19.2 Å². The van der Waals surface area contributed by atoms with Crippen molar-refractivity contribution in [2.45, 2.75) is 78.4 Å². The van der Waals surface area contributed by atoms with E-state index < -0.39 is 5.60 Å². The highest BCUT2D eigenvalue weighted by atomic mass is 79.9. The van der Waals surface area contributed by atoms with Gasteiger partial charge in [0, 0.05) is 39.3 Å². The van der Waals surface area contributed by atoms with Crippen LogP contribution in [0.5, 0.6) is 11.5 Å². The molecule has 0 aliphatic rings. The molecule has 2 aromatic carbocycles. The number of aromatic hydroxyl groups is 1. The third kappa shape index (κ3) is 21.8. The Bertz CT molecular complexity index is 1100. The predicted molar refractivity (Wildman–Crippen MR) is 165 cm³/mol. The van der Waals surface area contributed by atoms with Crippen molar-refractivity contribution in [1.29, 1.82) is 0 Å². The van der Waals surface area contributed by atoms with E-state index >= 15 is 0 Å². The van der Waals surface area contributed by atoms with Gasteiger partial charge in [-0.15, -0.1) is 0 Å². The van der Waals surface area contributed by atoms with E-state index in [1.807, 2.05) is 41.5 Å². The van der Waals surface area contributed by atoms with Crippen LogP contribution in [-0.4, -0.2) is 52.8 Å². The molecule has 0 saturated carbocycles. The lowest BCUT2D eigenvalue weighted by Crippen LogP contribution is -2.23. The number of esters is 2. The molecule has 8 nitrogen and oxygen atoms in total. The largest absolute Gasteiger partial charge is 0.508 e. The molecule has 0 amide bonds. The Labute approximate surface area is 260 Å². The molecule has 0 heterocycles. The van der Waals surface area contributed by atoms with E-state index in [0.717, 1.165) is 11.8 Å². The summed E-state index contributed by atoms with van der Waals surface area (Å²) in [6.45, 7) is 11.5. The number of halogens is 3. The first-order valence-corrected chi connectivity index (χ1v) is 14.7. The molecule has 0 bridgehead atoms. The summed E-state index contributed by atoms with van der Waals surface area (Å²) in [5, 5.41) is 10.5. The van der Waals surface area contributed by atoms with E-state index in [1.165, 1.54) is 18.2 Å². The van der Waals surface area contributed by atoms with E-state index in [4.69, 9.17) is 42.5 Å². The number of rotatable bonds is 10. The SMILES string of the molecule is CC(C)(C)OC(=O)CCCBr.CC(C)(C)OC(=O)CCCOc1cc(Cl)cc(C=O)c1.O=Cc1cc(O)cc(Cl)c1. The number of ether oxygens (including phenoxy) is 3. The molecule has 0 aliphatic carbocycles. The third-order valence-corrected chi connectivity index (χ3v) is 5.22. The Kier molecular flexibility index (Phi) is 18.2. The Hall–Kier alpha value is -2.62. The summed E-state index contributed by atoms with van der Waals surface area (Å²) in [5.74, 6) is 0.163. The predicted octanol–water partition coefficient (Wildman–Crippen LogP) is 8.01. The number of phenols is 1. The topological polar surface area (TPSA) is 116 Å². The quantitative estimate of drug-likeness (QED) is 0.116. The first-order chi connectivity index (χ1) is 19.0. The van der Waals surface area contributed by atoms with Gasteiger partial charge in [-0.1, -0.05) is 39.1 Å². The van der Waals surface area contributed by atoms with Gasteiger partial charge < -0.3 is 19.3 Å². The fourth-order valence-electron chi connectivity index (χ4n) is 2.80. The first kappa shape index (κ1) is 38.4. The minimum Gasteiger partial charge on any atom is -0.508 e. The minimum atomic E-state index is -0.468. The number of hydrogen-bond acceptors (Lipinski definition) is 8. The minimum absolute atomic E-state index is 0.00889. The molecule has 0 saturated heterocycles. The smallest absolute Gasteiger partial charge is 0.306 e. The zero-order valence-corrected chi connectivity index (χ0v) is 27.4. The monoisotopic (exact) mass is 676 g/mol. The number of carbonyl (C=O) groups is 4. The third-order valence-electron chi connectivity index (χ3n) is 4.22. The summed E-state index contributed by atoms with van der Waals surface area (Å²) in [6.07, 6.45) is 3.51. The number of aldehydes is 2. The second-order valence-electron chi connectivity index (χ2n) is 10.6. The van der Waals surface area contributed by atoms with Gasteiger partial charge in [0.1, 0.15) is 35.3 Å². The summed E-state index contributed by atoms with van der Waals surface area (Å²) in [6, 6.07) is 8.98. The zero-order chi connectivity index (χ0) is 31.6. The van der Waals surface area contributed by atoms with Crippen molar-refractivity contribution in [3.63, 3.8) is 0 Å². The maximum Gasteiger partial charge on any atom is 0.306 e. The van der Waals surface area contributed by atoms with Gasteiger partial charge >= 0.3 is 11.9 Å². The molecule has 0 spiro atoms. The molecule has 0 aliphatic heterocycles. The summed E-state index contributed by atoms with van der Waals surface area (Å²) >= 11 is 14.6. The van der Waals surface area contributed by atoms with Crippen molar-refractivity contribution in [2.75, 3.05) is 11.9 Å². The second kappa shape index (κ2) is 19.5. The van der Waals surface area contributed by atoms with E-state index in [0.29, 0.717) is 65.4 Å². The Balaban J connectivity index is 0.000000643. The zero-order valence-electron chi connectivity index (χ0n) is 24.3. The van der Waals surface area contributed by atoms with Crippen molar-refractivity contribution in [2.24, 2.45) is 0 Å². The van der Waals surface area contributed by atoms with Crippen LogP contribution in [0.15, 0.2) is 36.4 Å². The van der Waals surface area contributed by atoms with Gasteiger partial charge in [0.15, 0.2) is 0 Å². The van der Waals surface area contributed by atoms with Crippen LogP contribution in [0.2, 0.25) is 10.0 Å². The van der Waals surface area contributed by atoms with Gasteiger partial charge in [0.05, 0.1) is 6.61 Å². The van der Waals surface area contributed by atoms with E-state index in [1.54, 1.807) is 18.2 Å². The van der Waals surface area contributed by atoms with E-state index in [-0.39, 0.29) is 23.3 Å². The van der Waals surface area contributed by atoms with Crippen molar-refractivity contribution in [3.05, 3.63) is 57.6 Å². The molecule has 41 heavy (non-hydrogen) atoms. The molecule has 0 unspecified atom stereocenters. The van der Waals surface area contributed by atoms with Gasteiger partial charge in [-0.25, -0.2) is 0 Å². The van der Waals surface area contributed by atoms with Crippen LogP contribution in [0.4, 0.5) is 0 Å². The fourth-order valence-corrected chi connectivity index (χ4v) is 3.55. The highest BCUT2D eigenvalue weighted by Gasteiger charge is 2.16. The number of benzene rings is 2. The summed E-state index contributed by atoms with van der Waals surface area (Å²) in [7, 11) is 0. The Morgan fingerprint density at radius 2 is 1.24 bits per heavy atom. The van der Waals surface area contributed by atoms with Gasteiger partial charge in [-0.3, -0.25) is 19.2 Å². The summed E-state index contributed by atoms with van der Waals surface area (Å²) < 4.78 is 15.7. The van der Waals surface area contributed by atoms with Crippen molar-refractivity contribution >= 4 is 63.6 Å². The van der Waals surface area contributed by atoms with Crippen LogP contribution in [0.1, 0.15) is 87.9 Å². The molecular formula is C30H39BrCl2O8. The normalized spacial score (nSPS) is 10.7. The Morgan fingerprint density at radius 3 is 1.68 bits per heavy atom. The Morgan fingerprint density at radius 1 is 0.780 bits per heavy atom. The molecule has 0 fully saturated rings. The highest BCUT2D eigenvalue weighted by Crippen LogP contribution is 2.21. The number of hydrogen-bond donors (Lipinski definition) is 1. The highest BCUT2D eigenvalue weighted by molar-refractivity contribution is 9.09. The fraction of sp³-hybridized carbons (Fsp3) is 0.467. The van der Waals surface area contributed by atoms with E-state index in [2.05, 4.69) is 15.9 Å². The molecular weight excluding hydrogens is 639 g/mol. The van der Waals surface area contributed by atoms with Crippen LogP contribution in [-0.2, 0) is 19.1 Å². The molecule has 2 aromatic rings. The molecule has 228 valence electrons. The number of phenolic OH excluding ortho intramolecular Hbond substituents is 1. The van der Waals surface area contributed by atoms with Gasteiger partial charge in [0.2, 0.25) is 0 Å². The average molecular weight is 678 g/mol. The van der Waals surface area contributed by atoms with Crippen LogP contribution in [0.25, 0.3) is 0 Å². The molecule has 0 radical (unpaired) electrons. The summed E-state index contributed by atoms with van der Waals surface area (Å²) in [5.41, 5.74) is 0.0253. The molecule has 2 rings (SSSR count). The number of alkyl halides is 1.